The highest BCUT2D eigenvalue weighted by Gasteiger charge is 2.16. The summed E-state index contributed by atoms with van der Waals surface area (Å²) < 4.78 is 2.37. The van der Waals surface area contributed by atoms with Crippen LogP contribution in [-0.4, -0.2) is 19.7 Å². The van der Waals surface area contributed by atoms with Gasteiger partial charge in [-0.15, -0.1) is 0 Å². The third-order valence-corrected chi connectivity index (χ3v) is 2.28. The molecule has 0 amide bonds. The number of nitrogens with one attached hydrogen (secondary N) is 2. The van der Waals surface area contributed by atoms with Crippen LogP contribution in [0.5, 0.6) is 0 Å². The summed E-state index contributed by atoms with van der Waals surface area (Å²) in [5.74, 6) is 0.726. The molecule has 0 atom stereocenters. The van der Waals surface area contributed by atoms with Crippen LogP contribution in [0.4, 0.5) is 5.95 Å². The molecule has 0 radical (unpaired) electrons. The monoisotopic (exact) mass is 242 g/mol. The van der Waals surface area contributed by atoms with E-state index in [1.165, 1.54) is 0 Å². The van der Waals surface area contributed by atoms with E-state index in [-0.39, 0.29) is 11.4 Å². The molecule has 68 valence electrons. The maximum atomic E-state index is 7.56. The Bertz CT molecular complexity index is 483. The van der Waals surface area contributed by atoms with E-state index in [1.54, 1.807) is 11.7 Å². The van der Waals surface area contributed by atoms with Crippen molar-refractivity contribution in [3.8, 4) is 11.4 Å². The molecule has 0 bridgehead atoms. The molecule has 0 aromatic heterocycles. The molecule has 0 saturated carbocycles. The number of nitrogens with zero attached hydrogens (tertiary/aromatic N) is 3. The number of nitrogen functional groups attached to an aromatic ring is 1. The van der Waals surface area contributed by atoms with E-state index >= 15 is 0 Å². The molecule has 13 heavy (non-hydrogen) atoms. The van der Waals surface area contributed by atoms with Crippen molar-refractivity contribution in [1.29, 1.82) is 5.41 Å². The number of rotatable bonds is 0. The second-order valence-corrected chi connectivity index (χ2v) is 3.41. The summed E-state index contributed by atoms with van der Waals surface area (Å²) in [4.78, 5) is 7.75. The number of hydrogen-bond acceptors (Lipinski definition) is 4. The van der Waals surface area contributed by atoms with E-state index in [0.29, 0.717) is 16.0 Å². The number of hydrogen-bond donors (Lipinski definition) is 3. The van der Waals surface area contributed by atoms with Crippen molar-refractivity contribution in [1.82, 2.24) is 19.7 Å². The Morgan fingerprint density at radius 3 is 2.92 bits per heavy atom. The molecule has 0 aliphatic carbocycles. The molecule has 0 saturated heterocycles. The summed E-state index contributed by atoms with van der Waals surface area (Å²) in [6.45, 7) is 0. The van der Waals surface area contributed by atoms with Gasteiger partial charge in [-0.2, -0.15) is 9.97 Å². The van der Waals surface area contributed by atoms with Gasteiger partial charge in [0.15, 0.2) is 11.3 Å². The molecule has 4 N–H and O–H groups in total. The smallest absolute Gasteiger partial charge is 0.224 e. The summed E-state index contributed by atoms with van der Waals surface area (Å²) in [5, 5.41) is 10.5. The average molecular weight is 243 g/mol. The summed E-state index contributed by atoms with van der Waals surface area (Å²) in [7, 11) is 1.79. The lowest BCUT2D eigenvalue weighted by Crippen LogP contribution is -2.15. The number of aromatic nitrogens is 4. The van der Waals surface area contributed by atoms with Crippen LogP contribution in [0.3, 0.4) is 0 Å². The van der Waals surface area contributed by atoms with Crippen LogP contribution in [0, 0.1) is 5.41 Å². The first-order valence-corrected chi connectivity index (χ1v) is 4.31. The van der Waals surface area contributed by atoms with Crippen LogP contribution >= 0.6 is 15.9 Å². The maximum absolute atomic E-state index is 7.56. The SMILES string of the molecule is Cn1[nH]c(Br)c2c(=N)nc(N)nc1-2. The van der Waals surface area contributed by atoms with Gasteiger partial charge >= 0.3 is 0 Å². The number of anilines is 1. The Kier molecular flexibility index (Phi) is 1.62. The minimum Gasteiger partial charge on any atom is -0.368 e. The predicted octanol–water partition coefficient (Wildman–Crippen LogP) is 0.0722. The highest BCUT2D eigenvalue weighted by atomic mass is 79.9. The molecular weight excluding hydrogens is 236 g/mol. The van der Waals surface area contributed by atoms with Crippen LogP contribution < -0.4 is 11.2 Å². The van der Waals surface area contributed by atoms with Crippen molar-refractivity contribution in [2.24, 2.45) is 7.05 Å². The first kappa shape index (κ1) is 8.24. The van der Waals surface area contributed by atoms with Crippen LogP contribution in [0.1, 0.15) is 0 Å². The molecule has 2 aliphatic rings. The molecule has 2 aliphatic heterocycles. The van der Waals surface area contributed by atoms with E-state index in [2.05, 4.69) is 31.0 Å². The molecule has 0 aromatic carbocycles. The molecule has 6 nitrogen and oxygen atoms in total. The summed E-state index contributed by atoms with van der Waals surface area (Å²) >= 11 is 3.28. The van der Waals surface area contributed by atoms with Crippen LogP contribution in [0.15, 0.2) is 4.60 Å². The normalized spacial score (nSPS) is 10.9. The molecule has 7 heteroatoms. The quantitative estimate of drug-likeness (QED) is 0.610. The second-order valence-electron chi connectivity index (χ2n) is 2.61. The standard InChI is InChI=1S/C6H7BrN6/c1-13-5-2(3(7)12-13)4(8)10-6(9)11-5/h12H,1H3,(H3,8,9,10). The van der Waals surface area contributed by atoms with Gasteiger partial charge in [-0.3, -0.25) is 15.2 Å². The van der Waals surface area contributed by atoms with Gasteiger partial charge in [0.25, 0.3) is 0 Å². The van der Waals surface area contributed by atoms with Crippen LogP contribution in [0.2, 0.25) is 0 Å². The van der Waals surface area contributed by atoms with Crippen LogP contribution in [0.25, 0.3) is 11.4 Å². The first-order chi connectivity index (χ1) is 6.09. The van der Waals surface area contributed by atoms with Gasteiger partial charge in [-0.25, -0.2) is 0 Å². The molecule has 0 spiro atoms. The number of nitrogens with two attached hydrogens (primary N) is 1. The molecular formula is C6H7BrN6. The van der Waals surface area contributed by atoms with Crippen molar-refractivity contribution in [3.05, 3.63) is 10.1 Å². The molecule has 0 unspecified atom stereocenters. The fourth-order valence-electron chi connectivity index (χ4n) is 1.17. The summed E-state index contributed by atoms with van der Waals surface area (Å²) in [6, 6.07) is 0. The minimum atomic E-state index is 0.111. The van der Waals surface area contributed by atoms with Crippen molar-refractivity contribution >= 4 is 21.9 Å². The Balaban J connectivity index is 2.94. The third-order valence-electron chi connectivity index (χ3n) is 1.71. The van der Waals surface area contributed by atoms with Gasteiger partial charge in [-0.05, 0) is 15.9 Å². The predicted molar refractivity (Wildman–Crippen MR) is 49.9 cm³/mol. The van der Waals surface area contributed by atoms with Crippen LogP contribution in [-0.2, 0) is 7.05 Å². The zero-order chi connectivity index (χ0) is 9.59. The van der Waals surface area contributed by atoms with E-state index in [9.17, 15) is 0 Å². The molecule has 2 heterocycles. The van der Waals surface area contributed by atoms with Crippen molar-refractivity contribution in [2.75, 3.05) is 5.73 Å². The van der Waals surface area contributed by atoms with Gasteiger partial charge < -0.3 is 5.73 Å². The van der Waals surface area contributed by atoms with E-state index < -0.39 is 0 Å². The van der Waals surface area contributed by atoms with Gasteiger partial charge in [-0.1, -0.05) is 0 Å². The number of aryl methyl sites for hydroxylation is 1. The Morgan fingerprint density at radius 1 is 1.54 bits per heavy atom. The average Bonchev–Trinajstić information content (AvgIpc) is 2.27. The lowest BCUT2D eigenvalue weighted by atomic mass is 10.3. The largest absolute Gasteiger partial charge is 0.368 e. The fraction of sp³-hybridized carbons (Fsp3) is 0.167. The summed E-state index contributed by atoms with van der Waals surface area (Å²) in [6.07, 6.45) is 0. The lowest BCUT2D eigenvalue weighted by Gasteiger charge is -1.99. The first-order valence-electron chi connectivity index (χ1n) is 3.52. The maximum Gasteiger partial charge on any atom is 0.224 e. The highest BCUT2D eigenvalue weighted by molar-refractivity contribution is 9.10. The van der Waals surface area contributed by atoms with E-state index in [4.69, 9.17) is 11.1 Å². The van der Waals surface area contributed by atoms with E-state index in [0.717, 1.165) is 0 Å². The van der Waals surface area contributed by atoms with Gasteiger partial charge in [0.2, 0.25) is 5.95 Å². The molecule has 2 rings (SSSR count). The fourth-order valence-corrected chi connectivity index (χ4v) is 1.80. The Hall–Kier alpha value is -1.37. The van der Waals surface area contributed by atoms with E-state index in [1.807, 2.05) is 0 Å². The second kappa shape index (κ2) is 2.56. The van der Waals surface area contributed by atoms with Crippen molar-refractivity contribution in [2.45, 2.75) is 0 Å². The zero-order valence-electron chi connectivity index (χ0n) is 6.80. The zero-order valence-corrected chi connectivity index (χ0v) is 8.38. The Labute approximate surface area is 81.8 Å². The number of H-pyrrole nitrogens is 1. The van der Waals surface area contributed by atoms with Gasteiger partial charge in [0, 0.05) is 7.05 Å². The minimum absolute atomic E-state index is 0.111. The Morgan fingerprint density at radius 2 is 2.23 bits per heavy atom. The van der Waals surface area contributed by atoms with Gasteiger partial charge in [0.05, 0.1) is 5.56 Å². The van der Waals surface area contributed by atoms with Crippen molar-refractivity contribution < 1.29 is 0 Å². The van der Waals surface area contributed by atoms with Crippen molar-refractivity contribution in [3.63, 3.8) is 0 Å². The molecule has 0 fully saturated rings. The van der Waals surface area contributed by atoms with Gasteiger partial charge in [0.1, 0.15) is 4.60 Å². The topological polar surface area (TPSA) is 96.4 Å². The lowest BCUT2D eigenvalue weighted by molar-refractivity contribution is 0.755. The summed E-state index contributed by atoms with van der Waals surface area (Å²) in [5.41, 5.74) is 6.17. The molecule has 0 aromatic rings. The third kappa shape index (κ3) is 1.12. The number of aromatic amines is 1. The number of fused-ring (bicyclic) bond motifs is 1. The highest BCUT2D eigenvalue weighted by Crippen LogP contribution is 2.23. The number of halogens is 1.